The largest absolute Gasteiger partial charge is 0.361 e. The number of halogens is 1. The molecule has 0 atom stereocenters. The molecule has 0 saturated heterocycles. The first-order chi connectivity index (χ1) is 9.15. The minimum Gasteiger partial charge on any atom is -0.361 e. The first kappa shape index (κ1) is 11.6. The zero-order chi connectivity index (χ0) is 13.4. The summed E-state index contributed by atoms with van der Waals surface area (Å²) in [5.74, 6) is -0.954. The van der Waals surface area contributed by atoms with Crippen LogP contribution in [0.5, 0.6) is 0 Å². The van der Waals surface area contributed by atoms with E-state index in [2.05, 4.69) is 9.97 Å². The molecule has 0 fully saturated rings. The van der Waals surface area contributed by atoms with Gasteiger partial charge in [-0.05, 0) is 35.2 Å². The Bertz CT molecular complexity index is 777. The van der Waals surface area contributed by atoms with E-state index in [1.807, 2.05) is 30.5 Å². The average molecular weight is 254 g/mol. The second-order valence-electron chi connectivity index (χ2n) is 4.39. The molecule has 1 aromatic carbocycles. The molecule has 2 aromatic heterocycles. The van der Waals surface area contributed by atoms with Gasteiger partial charge < -0.3 is 4.98 Å². The van der Waals surface area contributed by atoms with Crippen molar-refractivity contribution in [2.75, 3.05) is 0 Å². The Labute approximate surface area is 109 Å². The number of aromatic amines is 1. The number of aromatic nitrogens is 2. The van der Waals surface area contributed by atoms with E-state index in [0.717, 1.165) is 16.5 Å². The van der Waals surface area contributed by atoms with E-state index in [1.54, 1.807) is 0 Å². The van der Waals surface area contributed by atoms with Crippen molar-refractivity contribution in [1.29, 1.82) is 0 Å². The molecule has 0 bridgehead atoms. The number of ketones is 1. The van der Waals surface area contributed by atoms with Crippen molar-refractivity contribution in [3.8, 4) is 11.1 Å². The van der Waals surface area contributed by atoms with Crippen molar-refractivity contribution in [3.63, 3.8) is 0 Å². The number of rotatable bonds is 2. The van der Waals surface area contributed by atoms with Crippen LogP contribution in [0, 0.1) is 5.82 Å². The van der Waals surface area contributed by atoms with Gasteiger partial charge in [0.05, 0.1) is 0 Å². The number of carbonyl (C=O) groups excluding carboxylic acids is 1. The molecule has 1 N–H and O–H groups in total. The number of nitrogens with zero attached hydrogens (tertiary/aromatic N) is 1. The molecule has 3 aromatic rings. The molecule has 0 amide bonds. The van der Waals surface area contributed by atoms with Crippen LogP contribution in [-0.4, -0.2) is 15.8 Å². The molecule has 0 unspecified atom stereocenters. The van der Waals surface area contributed by atoms with Gasteiger partial charge in [0.2, 0.25) is 0 Å². The molecule has 0 radical (unpaired) electrons. The number of carbonyl (C=O) groups is 1. The fourth-order valence-corrected chi connectivity index (χ4v) is 2.09. The molecule has 0 spiro atoms. The molecule has 19 heavy (non-hydrogen) atoms. The van der Waals surface area contributed by atoms with E-state index >= 15 is 0 Å². The number of pyridine rings is 1. The van der Waals surface area contributed by atoms with Gasteiger partial charge in [0.15, 0.2) is 11.6 Å². The molecule has 0 aliphatic heterocycles. The maximum absolute atomic E-state index is 13.8. The van der Waals surface area contributed by atoms with Gasteiger partial charge in [-0.1, -0.05) is 6.07 Å². The second-order valence-corrected chi connectivity index (χ2v) is 4.39. The lowest BCUT2D eigenvalue weighted by molar-refractivity contribution is 0.100. The lowest BCUT2D eigenvalue weighted by Gasteiger charge is -2.04. The van der Waals surface area contributed by atoms with E-state index in [-0.39, 0.29) is 11.5 Å². The van der Waals surface area contributed by atoms with Crippen molar-refractivity contribution in [2.45, 2.75) is 6.92 Å². The summed E-state index contributed by atoms with van der Waals surface area (Å²) in [4.78, 5) is 18.1. The molecule has 0 aliphatic rings. The molecule has 94 valence electrons. The number of benzene rings is 1. The third-order valence-corrected chi connectivity index (χ3v) is 3.06. The van der Waals surface area contributed by atoms with Crippen LogP contribution in [0.15, 0.2) is 42.7 Å². The van der Waals surface area contributed by atoms with E-state index in [1.165, 1.54) is 19.2 Å². The number of hydrogen-bond donors (Lipinski definition) is 1. The van der Waals surface area contributed by atoms with Crippen LogP contribution in [0.3, 0.4) is 0 Å². The maximum Gasteiger partial charge on any atom is 0.181 e. The van der Waals surface area contributed by atoms with Crippen molar-refractivity contribution >= 4 is 16.7 Å². The summed E-state index contributed by atoms with van der Waals surface area (Å²) in [6.45, 7) is 1.30. The topological polar surface area (TPSA) is 45.8 Å². The highest BCUT2D eigenvalue weighted by atomic mass is 19.1. The Balaban J connectivity index is 2.10. The Hall–Kier alpha value is -2.49. The van der Waals surface area contributed by atoms with E-state index < -0.39 is 5.82 Å². The highest BCUT2D eigenvalue weighted by molar-refractivity contribution is 5.93. The lowest BCUT2D eigenvalue weighted by atomic mass is 10.0. The SMILES string of the molecule is CC(=O)c1ncc(-c2ccc3[nH]ccc3c2)cc1F. The Kier molecular flexibility index (Phi) is 2.63. The monoisotopic (exact) mass is 254 g/mol. The van der Waals surface area contributed by atoms with Gasteiger partial charge in [-0.3, -0.25) is 4.79 Å². The van der Waals surface area contributed by atoms with Gasteiger partial charge in [-0.15, -0.1) is 0 Å². The van der Waals surface area contributed by atoms with Crippen molar-refractivity contribution in [2.24, 2.45) is 0 Å². The molecular weight excluding hydrogens is 243 g/mol. The van der Waals surface area contributed by atoms with Crippen LogP contribution in [0.25, 0.3) is 22.0 Å². The Morgan fingerprint density at radius 2 is 2.05 bits per heavy atom. The first-order valence-electron chi connectivity index (χ1n) is 5.89. The minimum absolute atomic E-state index is 0.119. The molecular formula is C15H11FN2O. The van der Waals surface area contributed by atoms with Gasteiger partial charge in [0, 0.05) is 30.4 Å². The zero-order valence-electron chi connectivity index (χ0n) is 10.3. The van der Waals surface area contributed by atoms with Crippen LogP contribution in [-0.2, 0) is 0 Å². The predicted molar refractivity (Wildman–Crippen MR) is 71.5 cm³/mol. The summed E-state index contributed by atoms with van der Waals surface area (Å²) in [5.41, 5.74) is 2.43. The number of H-pyrrole nitrogens is 1. The fraction of sp³-hybridized carbons (Fsp3) is 0.0667. The zero-order valence-corrected chi connectivity index (χ0v) is 10.3. The van der Waals surface area contributed by atoms with Gasteiger partial charge in [0.1, 0.15) is 5.69 Å². The minimum atomic E-state index is -0.584. The van der Waals surface area contributed by atoms with E-state index in [4.69, 9.17) is 0 Å². The summed E-state index contributed by atoms with van der Waals surface area (Å²) in [5, 5.41) is 1.05. The molecule has 3 nitrogen and oxygen atoms in total. The molecule has 3 rings (SSSR count). The Morgan fingerprint density at radius 3 is 2.79 bits per heavy atom. The van der Waals surface area contributed by atoms with Crippen molar-refractivity contribution in [1.82, 2.24) is 9.97 Å². The predicted octanol–water partition coefficient (Wildman–Crippen LogP) is 3.57. The molecule has 0 saturated carbocycles. The third kappa shape index (κ3) is 2.01. The highest BCUT2D eigenvalue weighted by Crippen LogP contribution is 2.24. The van der Waals surface area contributed by atoms with Crippen LogP contribution in [0.2, 0.25) is 0 Å². The first-order valence-corrected chi connectivity index (χ1v) is 5.89. The molecule has 4 heteroatoms. The van der Waals surface area contributed by atoms with Crippen molar-refractivity contribution < 1.29 is 9.18 Å². The number of Topliss-reactive ketones (excluding diaryl/α,β-unsaturated/α-hetero) is 1. The smallest absolute Gasteiger partial charge is 0.181 e. The molecule has 0 aliphatic carbocycles. The van der Waals surface area contributed by atoms with Gasteiger partial charge in [-0.25, -0.2) is 9.37 Å². The van der Waals surface area contributed by atoms with E-state index in [9.17, 15) is 9.18 Å². The maximum atomic E-state index is 13.8. The quantitative estimate of drug-likeness (QED) is 0.710. The number of fused-ring (bicyclic) bond motifs is 1. The van der Waals surface area contributed by atoms with Crippen LogP contribution in [0.1, 0.15) is 17.4 Å². The normalized spacial score (nSPS) is 10.8. The fourth-order valence-electron chi connectivity index (χ4n) is 2.09. The third-order valence-electron chi connectivity index (χ3n) is 3.06. The summed E-state index contributed by atoms with van der Waals surface area (Å²) in [7, 11) is 0. The van der Waals surface area contributed by atoms with Crippen LogP contribution in [0.4, 0.5) is 4.39 Å². The summed E-state index contributed by atoms with van der Waals surface area (Å²) in [6.07, 6.45) is 3.37. The summed E-state index contributed by atoms with van der Waals surface area (Å²) in [6, 6.07) is 9.07. The van der Waals surface area contributed by atoms with E-state index in [0.29, 0.717) is 5.56 Å². The average Bonchev–Trinajstić information content (AvgIpc) is 2.85. The summed E-state index contributed by atoms with van der Waals surface area (Å²) < 4.78 is 13.8. The number of nitrogens with one attached hydrogen (secondary N) is 1. The summed E-state index contributed by atoms with van der Waals surface area (Å²) >= 11 is 0. The van der Waals surface area contributed by atoms with Gasteiger partial charge in [0.25, 0.3) is 0 Å². The standard InChI is InChI=1S/C15H11FN2O/c1-9(19)15-13(16)7-12(8-18-15)10-2-3-14-11(6-10)4-5-17-14/h2-8,17H,1H3. The Morgan fingerprint density at radius 1 is 1.21 bits per heavy atom. The lowest BCUT2D eigenvalue weighted by Crippen LogP contribution is -2.01. The second kappa shape index (κ2) is 4.31. The number of hydrogen-bond acceptors (Lipinski definition) is 2. The van der Waals surface area contributed by atoms with Crippen molar-refractivity contribution in [3.05, 3.63) is 54.2 Å². The molecule has 2 heterocycles. The van der Waals surface area contributed by atoms with Crippen LogP contribution < -0.4 is 0 Å². The van der Waals surface area contributed by atoms with Crippen LogP contribution >= 0.6 is 0 Å². The highest BCUT2D eigenvalue weighted by Gasteiger charge is 2.10. The van der Waals surface area contributed by atoms with Gasteiger partial charge in [-0.2, -0.15) is 0 Å². The van der Waals surface area contributed by atoms with Gasteiger partial charge >= 0.3 is 0 Å².